The van der Waals surface area contributed by atoms with Gasteiger partial charge in [-0.05, 0) is 13.0 Å². The summed E-state index contributed by atoms with van der Waals surface area (Å²) in [5, 5.41) is 17.2. The second-order valence-corrected chi connectivity index (χ2v) is 4.61. The summed E-state index contributed by atoms with van der Waals surface area (Å²) < 4.78 is 1.23. The van der Waals surface area contributed by atoms with Gasteiger partial charge in [-0.3, -0.25) is 24.4 Å². The van der Waals surface area contributed by atoms with E-state index in [0.717, 1.165) is 0 Å². The first-order valence-corrected chi connectivity index (χ1v) is 6.19. The Labute approximate surface area is 124 Å². The number of aryl methyl sites for hydroxylation is 2. The summed E-state index contributed by atoms with van der Waals surface area (Å²) in [5.41, 5.74) is 5.78. The summed E-state index contributed by atoms with van der Waals surface area (Å²) in [4.78, 5) is 33.8. The minimum atomic E-state index is -0.745. The molecule has 2 aromatic rings. The van der Waals surface area contributed by atoms with Crippen LogP contribution in [-0.2, 0) is 7.05 Å². The number of rotatable bonds is 4. The molecule has 1 aromatic heterocycles. The summed E-state index contributed by atoms with van der Waals surface area (Å²) in [7, 11) is 1.51. The van der Waals surface area contributed by atoms with Crippen LogP contribution in [0.15, 0.2) is 24.4 Å². The lowest BCUT2D eigenvalue weighted by molar-refractivity contribution is -0.385. The molecule has 1 heterocycles. The van der Waals surface area contributed by atoms with Gasteiger partial charge in [0.25, 0.3) is 17.5 Å². The van der Waals surface area contributed by atoms with Crippen LogP contribution >= 0.6 is 0 Å². The standard InChI is InChI=1S/C13H13N5O4/c1-7-3-4-8(5-10(7)18(21)22)13(20)16-9-6-15-17(2)11(9)12(14)19/h3-6H,1-2H3,(H2,14,19)(H,16,20). The Morgan fingerprint density at radius 1 is 1.41 bits per heavy atom. The number of anilines is 1. The Hall–Kier alpha value is -3.23. The molecule has 9 nitrogen and oxygen atoms in total. The summed E-state index contributed by atoms with van der Waals surface area (Å²) in [6.07, 6.45) is 1.28. The van der Waals surface area contributed by atoms with Gasteiger partial charge in [0.15, 0.2) is 0 Å². The molecule has 0 atom stereocenters. The molecule has 114 valence electrons. The van der Waals surface area contributed by atoms with E-state index in [1.807, 2.05) is 0 Å². The number of nitrogens with one attached hydrogen (secondary N) is 1. The molecule has 0 unspecified atom stereocenters. The van der Waals surface area contributed by atoms with Crippen molar-refractivity contribution in [3.63, 3.8) is 0 Å². The van der Waals surface area contributed by atoms with Gasteiger partial charge in [-0.1, -0.05) is 6.07 Å². The Morgan fingerprint density at radius 2 is 2.09 bits per heavy atom. The number of hydrogen-bond acceptors (Lipinski definition) is 5. The van der Waals surface area contributed by atoms with Gasteiger partial charge >= 0.3 is 0 Å². The number of primary amides is 1. The molecule has 22 heavy (non-hydrogen) atoms. The molecule has 0 spiro atoms. The molecule has 2 amide bonds. The minimum Gasteiger partial charge on any atom is -0.364 e. The van der Waals surface area contributed by atoms with Crippen molar-refractivity contribution < 1.29 is 14.5 Å². The third kappa shape index (κ3) is 2.77. The Balaban J connectivity index is 2.32. The predicted octanol–water partition coefficient (Wildman–Crippen LogP) is 0.988. The largest absolute Gasteiger partial charge is 0.364 e. The second-order valence-electron chi connectivity index (χ2n) is 4.61. The van der Waals surface area contributed by atoms with Gasteiger partial charge in [0.1, 0.15) is 5.69 Å². The van der Waals surface area contributed by atoms with Crippen LogP contribution in [0, 0.1) is 17.0 Å². The number of aromatic nitrogens is 2. The summed E-state index contributed by atoms with van der Waals surface area (Å²) >= 11 is 0. The highest BCUT2D eigenvalue weighted by Crippen LogP contribution is 2.21. The van der Waals surface area contributed by atoms with Crippen LogP contribution in [-0.4, -0.2) is 26.5 Å². The molecule has 0 fully saturated rings. The van der Waals surface area contributed by atoms with E-state index in [0.29, 0.717) is 5.56 Å². The van der Waals surface area contributed by atoms with Crippen molar-refractivity contribution in [2.45, 2.75) is 6.92 Å². The van der Waals surface area contributed by atoms with Gasteiger partial charge in [-0.2, -0.15) is 5.10 Å². The molecule has 0 bridgehead atoms. The zero-order valence-corrected chi connectivity index (χ0v) is 11.9. The molecule has 0 aliphatic heterocycles. The number of nitrogens with zero attached hydrogens (tertiary/aromatic N) is 3. The van der Waals surface area contributed by atoms with Crippen molar-refractivity contribution >= 4 is 23.2 Å². The summed E-state index contributed by atoms with van der Waals surface area (Å²) in [6, 6.07) is 4.11. The van der Waals surface area contributed by atoms with E-state index in [1.165, 1.54) is 36.1 Å². The maximum atomic E-state index is 12.2. The summed E-state index contributed by atoms with van der Waals surface area (Å²) in [5.74, 6) is -1.34. The highest BCUT2D eigenvalue weighted by molar-refractivity contribution is 6.08. The van der Waals surface area contributed by atoms with Crippen LogP contribution < -0.4 is 11.1 Å². The van der Waals surface area contributed by atoms with Crippen molar-refractivity contribution in [1.82, 2.24) is 9.78 Å². The zero-order valence-electron chi connectivity index (χ0n) is 11.9. The number of nitro benzene ring substituents is 1. The fourth-order valence-corrected chi connectivity index (χ4v) is 1.96. The third-order valence-corrected chi connectivity index (χ3v) is 3.09. The zero-order chi connectivity index (χ0) is 16.4. The lowest BCUT2D eigenvalue weighted by Crippen LogP contribution is -2.20. The first-order valence-electron chi connectivity index (χ1n) is 6.19. The van der Waals surface area contributed by atoms with E-state index in [4.69, 9.17) is 5.73 Å². The van der Waals surface area contributed by atoms with Gasteiger partial charge in [0.05, 0.1) is 16.8 Å². The predicted molar refractivity (Wildman–Crippen MR) is 77.5 cm³/mol. The average molecular weight is 303 g/mol. The second kappa shape index (κ2) is 5.64. The van der Waals surface area contributed by atoms with Crippen LogP contribution in [0.5, 0.6) is 0 Å². The average Bonchev–Trinajstić information content (AvgIpc) is 2.79. The van der Waals surface area contributed by atoms with Gasteiger partial charge in [0, 0.05) is 24.2 Å². The SMILES string of the molecule is Cc1ccc(C(=O)Nc2cnn(C)c2C(N)=O)cc1[N+](=O)[O-]. The van der Waals surface area contributed by atoms with E-state index >= 15 is 0 Å². The molecule has 3 N–H and O–H groups in total. The monoisotopic (exact) mass is 303 g/mol. The van der Waals surface area contributed by atoms with Crippen LogP contribution in [0.3, 0.4) is 0 Å². The van der Waals surface area contributed by atoms with Crippen molar-refractivity contribution in [2.24, 2.45) is 12.8 Å². The smallest absolute Gasteiger partial charge is 0.273 e. The van der Waals surface area contributed by atoms with E-state index < -0.39 is 16.7 Å². The van der Waals surface area contributed by atoms with Crippen molar-refractivity contribution in [2.75, 3.05) is 5.32 Å². The first kappa shape index (κ1) is 15.2. The number of carbonyl (C=O) groups is 2. The minimum absolute atomic E-state index is 0.0370. The van der Waals surface area contributed by atoms with E-state index in [9.17, 15) is 19.7 Å². The molecule has 2 rings (SSSR count). The Morgan fingerprint density at radius 3 is 2.68 bits per heavy atom. The van der Waals surface area contributed by atoms with Crippen molar-refractivity contribution in [1.29, 1.82) is 0 Å². The quantitative estimate of drug-likeness (QED) is 0.641. The molecule has 0 aliphatic rings. The fraction of sp³-hybridized carbons (Fsp3) is 0.154. The lowest BCUT2D eigenvalue weighted by atomic mass is 10.1. The number of hydrogen-bond donors (Lipinski definition) is 2. The van der Waals surface area contributed by atoms with Crippen LogP contribution in [0.2, 0.25) is 0 Å². The number of nitrogens with two attached hydrogens (primary N) is 1. The number of benzene rings is 1. The molecule has 0 aliphatic carbocycles. The maximum Gasteiger partial charge on any atom is 0.273 e. The van der Waals surface area contributed by atoms with E-state index in [2.05, 4.69) is 10.4 Å². The molecule has 1 aromatic carbocycles. The molecule has 0 radical (unpaired) electrons. The van der Waals surface area contributed by atoms with Gasteiger partial charge in [0.2, 0.25) is 0 Å². The summed E-state index contributed by atoms with van der Waals surface area (Å²) in [6.45, 7) is 1.58. The van der Waals surface area contributed by atoms with Gasteiger partial charge < -0.3 is 11.1 Å². The molecule has 9 heteroatoms. The van der Waals surface area contributed by atoms with Gasteiger partial charge in [-0.25, -0.2) is 0 Å². The van der Waals surface area contributed by atoms with E-state index in [-0.39, 0.29) is 22.6 Å². The molecule has 0 saturated carbocycles. The fourth-order valence-electron chi connectivity index (χ4n) is 1.96. The number of carbonyl (C=O) groups excluding carboxylic acids is 2. The van der Waals surface area contributed by atoms with Crippen molar-refractivity contribution in [3.8, 4) is 0 Å². The van der Waals surface area contributed by atoms with E-state index in [1.54, 1.807) is 6.92 Å². The van der Waals surface area contributed by atoms with Crippen molar-refractivity contribution in [3.05, 3.63) is 51.3 Å². The highest BCUT2D eigenvalue weighted by atomic mass is 16.6. The topological polar surface area (TPSA) is 133 Å². The molecular formula is C13H13N5O4. The highest BCUT2D eigenvalue weighted by Gasteiger charge is 2.19. The van der Waals surface area contributed by atoms with Gasteiger partial charge in [-0.15, -0.1) is 0 Å². The molecule has 0 saturated heterocycles. The normalized spacial score (nSPS) is 10.3. The number of nitro groups is 1. The van der Waals surface area contributed by atoms with Crippen LogP contribution in [0.25, 0.3) is 0 Å². The first-order chi connectivity index (χ1) is 10.3. The lowest BCUT2D eigenvalue weighted by Gasteiger charge is -2.06. The van der Waals surface area contributed by atoms with Crippen LogP contribution in [0.1, 0.15) is 26.4 Å². The maximum absolute atomic E-state index is 12.2. The Bertz CT molecular complexity index is 781. The third-order valence-electron chi connectivity index (χ3n) is 3.09. The number of amides is 2. The Kier molecular flexibility index (Phi) is 3.89. The molecular weight excluding hydrogens is 290 g/mol. The van der Waals surface area contributed by atoms with Crippen LogP contribution in [0.4, 0.5) is 11.4 Å².